The van der Waals surface area contributed by atoms with Gasteiger partial charge >= 0.3 is 0 Å². The fraction of sp³-hybridized carbons (Fsp3) is 0.750. The smallest absolute Gasteiger partial charge is 0.173 e. The number of rotatable bonds is 5. The monoisotopic (exact) mass is 205 g/mol. The van der Waals surface area contributed by atoms with Crippen molar-refractivity contribution in [2.45, 2.75) is 13.0 Å². The summed E-state index contributed by atoms with van der Waals surface area (Å²) in [6.07, 6.45) is 1.68. The van der Waals surface area contributed by atoms with E-state index in [4.69, 9.17) is 4.74 Å². The predicted molar refractivity (Wildman–Crippen MR) is 51.2 cm³/mol. The molecule has 0 spiro atoms. The van der Waals surface area contributed by atoms with Crippen LogP contribution in [-0.2, 0) is 14.6 Å². The molecule has 1 rings (SSSR count). The van der Waals surface area contributed by atoms with Crippen molar-refractivity contribution in [3.8, 4) is 0 Å². The molecule has 1 atom stereocenters. The third kappa shape index (κ3) is 3.89. The van der Waals surface area contributed by atoms with Gasteiger partial charge < -0.3 is 10.1 Å². The summed E-state index contributed by atoms with van der Waals surface area (Å²) >= 11 is 0. The molecule has 0 radical (unpaired) electrons. The Kier molecular flexibility index (Phi) is 3.90. The van der Waals surface area contributed by atoms with Crippen LogP contribution in [0.2, 0.25) is 0 Å². The lowest BCUT2D eigenvalue weighted by Crippen LogP contribution is -2.32. The van der Waals surface area contributed by atoms with Crippen LogP contribution in [0.4, 0.5) is 0 Å². The van der Waals surface area contributed by atoms with Crippen LogP contribution < -0.4 is 5.32 Å². The second-order valence-electron chi connectivity index (χ2n) is 2.92. The highest BCUT2D eigenvalue weighted by atomic mass is 32.2. The first-order valence-corrected chi connectivity index (χ1v) is 6.07. The molecule has 0 aromatic rings. The molecule has 0 aliphatic carbocycles. The van der Waals surface area contributed by atoms with E-state index >= 15 is 0 Å². The van der Waals surface area contributed by atoms with E-state index in [1.807, 2.05) is 6.92 Å². The minimum absolute atomic E-state index is 0.0366. The summed E-state index contributed by atoms with van der Waals surface area (Å²) in [7, 11) is -2.92. The molecule has 13 heavy (non-hydrogen) atoms. The average molecular weight is 205 g/mol. The van der Waals surface area contributed by atoms with Crippen LogP contribution in [-0.4, -0.2) is 40.0 Å². The summed E-state index contributed by atoms with van der Waals surface area (Å²) in [6.45, 7) is 3.94. The molecule has 4 nitrogen and oxygen atoms in total. The van der Waals surface area contributed by atoms with Crippen LogP contribution in [0, 0.1) is 0 Å². The van der Waals surface area contributed by atoms with E-state index < -0.39 is 9.84 Å². The van der Waals surface area contributed by atoms with Crippen molar-refractivity contribution >= 4 is 9.84 Å². The van der Waals surface area contributed by atoms with Gasteiger partial charge in [-0.05, 0) is 6.92 Å². The SMILES string of the molecule is CCOCCNC1C=CS(=O)(=O)C1. The first-order chi connectivity index (χ1) is 6.14. The fourth-order valence-corrected chi connectivity index (χ4v) is 2.43. The maximum atomic E-state index is 11.0. The molecule has 0 saturated carbocycles. The minimum Gasteiger partial charge on any atom is -0.380 e. The van der Waals surface area contributed by atoms with Gasteiger partial charge in [0.25, 0.3) is 0 Å². The lowest BCUT2D eigenvalue weighted by atomic mass is 10.3. The van der Waals surface area contributed by atoms with Gasteiger partial charge in [-0.25, -0.2) is 8.42 Å². The maximum absolute atomic E-state index is 11.0. The molecule has 0 fully saturated rings. The highest BCUT2D eigenvalue weighted by Gasteiger charge is 2.20. The van der Waals surface area contributed by atoms with Crippen LogP contribution in [0.25, 0.3) is 0 Å². The normalized spacial score (nSPS) is 25.2. The van der Waals surface area contributed by atoms with E-state index in [1.165, 1.54) is 5.41 Å². The Balaban J connectivity index is 2.16. The Morgan fingerprint density at radius 2 is 2.38 bits per heavy atom. The molecule has 1 N–H and O–H groups in total. The predicted octanol–water partition coefficient (Wildman–Crippen LogP) is -0.0768. The Morgan fingerprint density at radius 3 is 2.92 bits per heavy atom. The molecule has 1 unspecified atom stereocenters. The van der Waals surface area contributed by atoms with Gasteiger partial charge in [0.1, 0.15) is 0 Å². The number of hydrogen-bond acceptors (Lipinski definition) is 4. The molecule has 76 valence electrons. The Hall–Kier alpha value is -0.390. The largest absolute Gasteiger partial charge is 0.380 e. The van der Waals surface area contributed by atoms with Gasteiger partial charge in [0.05, 0.1) is 12.4 Å². The van der Waals surface area contributed by atoms with Crippen molar-refractivity contribution < 1.29 is 13.2 Å². The van der Waals surface area contributed by atoms with E-state index in [0.29, 0.717) is 19.8 Å². The third-order valence-corrected chi connectivity index (χ3v) is 3.18. The lowest BCUT2D eigenvalue weighted by Gasteiger charge is -2.08. The summed E-state index contributed by atoms with van der Waals surface area (Å²) in [5, 5.41) is 4.35. The second kappa shape index (κ2) is 4.74. The molecule has 0 aromatic carbocycles. The van der Waals surface area contributed by atoms with Crippen molar-refractivity contribution in [3.05, 3.63) is 11.5 Å². The molecule has 0 bridgehead atoms. The van der Waals surface area contributed by atoms with E-state index in [0.717, 1.165) is 0 Å². The van der Waals surface area contributed by atoms with Gasteiger partial charge in [0.2, 0.25) is 0 Å². The molecular formula is C8H15NO3S. The Bertz CT molecular complexity index is 271. The molecule has 0 aromatic heterocycles. The summed E-state index contributed by atoms with van der Waals surface area (Å²) in [4.78, 5) is 0. The number of hydrogen-bond donors (Lipinski definition) is 1. The first-order valence-electron chi connectivity index (χ1n) is 4.36. The summed E-state index contributed by atoms with van der Waals surface area (Å²) in [5.74, 6) is 0.180. The zero-order valence-corrected chi connectivity index (χ0v) is 8.51. The third-order valence-electron chi connectivity index (χ3n) is 1.79. The van der Waals surface area contributed by atoms with Crippen molar-refractivity contribution in [1.29, 1.82) is 0 Å². The first kappa shape index (κ1) is 10.7. The molecule has 5 heteroatoms. The van der Waals surface area contributed by atoms with Crippen LogP contribution in [0.5, 0.6) is 0 Å². The quantitative estimate of drug-likeness (QED) is 0.638. The van der Waals surface area contributed by atoms with E-state index in [2.05, 4.69) is 5.32 Å². The van der Waals surface area contributed by atoms with Crippen LogP contribution in [0.3, 0.4) is 0 Å². The zero-order valence-electron chi connectivity index (χ0n) is 7.69. The van der Waals surface area contributed by atoms with Gasteiger partial charge in [0, 0.05) is 24.6 Å². The summed E-state index contributed by atoms with van der Waals surface area (Å²) in [5.41, 5.74) is 0. The molecule has 1 aliphatic heterocycles. The average Bonchev–Trinajstić information content (AvgIpc) is 2.40. The standard InChI is InChI=1S/C8H15NO3S/c1-2-12-5-4-9-8-3-6-13(10,11)7-8/h3,6,8-9H,2,4-5,7H2,1H3. The summed E-state index contributed by atoms with van der Waals surface area (Å²) in [6, 6.07) is -0.0366. The van der Waals surface area contributed by atoms with Gasteiger partial charge in [-0.15, -0.1) is 0 Å². The number of nitrogens with one attached hydrogen (secondary N) is 1. The highest BCUT2D eigenvalue weighted by molar-refractivity contribution is 7.94. The Morgan fingerprint density at radius 1 is 1.62 bits per heavy atom. The Labute approximate surface area is 78.9 Å². The van der Waals surface area contributed by atoms with Crippen molar-refractivity contribution in [3.63, 3.8) is 0 Å². The summed E-state index contributed by atoms with van der Waals surface area (Å²) < 4.78 is 27.1. The van der Waals surface area contributed by atoms with Gasteiger partial charge in [-0.2, -0.15) is 0 Å². The number of sulfone groups is 1. The van der Waals surface area contributed by atoms with E-state index in [-0.39, 0.29) is 11.8 Å². The second-order valence-corrected chi connectivity index (χ2v) is 4.85. The van der Waals surface area contributed by atoms with Crippen molar-refractivity contribution in [2.24, 2.45) is 0 Å². The molecule has 1 heterocycles. The van der Waals surface area contributed by atoms with E-state index in [9.17, 15) is 8.42 Å². The lowest BCUT2D eigenvalue weighted by molar-refractivity contribution is 0.148. The molecule has 0 saturated heterocycles. The molecule has 0 amide bonds. The van der Waals surface area contributed by atoms with Gasteiger partial charge in [-0.1, -0.05) is 6.08 Å². The van der Waals surface area contributed by atoms with Crippen molar-refractivity contribution in [2.75, 3.05) is 25.5 Å². The van der Waals surface area contributed by atoms with E-state index in [1.54, 1.807) is 6.08 Å². The maximum Gasteiger partial charge on any atom is 0.173 e. The molecule has 1 aliphatic rings. The fourth-order valence-electron chi connectivity index (χ4n) is 1.16. The number of ether oxygens (including phenoxy) is 1. The van der Waals surface area contributed by atoms with Crippen LogP contribution in [0.1, 0.15) is 6.92 Å². The van der Waals surface area contributed by atoms with Crippen LogP contribution in [0.15, 0.2) is 11.5 Å². The van der Waals surface area contributed by atoms with Crippen molar-refractivity contribution in [1.82, 2.24) is 5.32 Å². The highest BCUT2D eigenvalue weighted by Crippen LogP contribution is 2.06. The van der Waals surface area contributed by atoms with Gasteiger partial charge in [-0.3, -0.25) is 0 Å². The minimum atomic E-state index is -2.92. The van der Waals surface area contributed by atoms with Gasteiger partial charge in [0.15, 0.2) is 9.84 Å². The van der Waals surface area contributed by atoms with Crippen LogP contribution >= 0.6 is 0 Å². The topological polar surface area (TPSA) is 55.4 Å². The molecular weight excluding hydrogens is 190 g/mol. The zero-order chi connectivity index (χ0) is 9.73.